The molecular formula is C12H16F5N3O. The van der Waals surface area contributed by atoms with E-state index in [0.717, 1.165) is 6.42 Å². The van der Waals surface area contributed by atoms with Crippen LogP contribution >= 0.6 is 0 Å². The maximum absolute atomic E-state index is 12.8. The molecule has 0 aliphatic heterocycles. The van der Waals surface area contributed by atoms with Gasteiger partial charge in [-0.05, 0) is 20.3 Å². The topological polar surface area (TPSA) is 47.0 Å². The molecule has 1 N–H and O–H groups in total. The molecule has 0 atom stereocenters. The van der Waals surface area contributed by atoms with Crippen molar-refractivity contribution in [2.75, 3.05) is 18.5 Å². The van der Waals surface area contributed by atoms with E-state index in [-0.39, 0.29) is 17.3 Å². The summed E-state index contributed by atoms with van der Waals surface area (Å²) in [5.74, 6) is -4.65. The molecule has 0 saturated carbocycles. The monoisotopic (exact) mass is 313 g/mol. The van der Waals surface area contributed by atoms with Gasteiger partial charge in [0.15, 0.2) is 6.61 Å². The lowest BCUT2D eigenvalue weighted by Crippen LogP contribution is -2.42. The Labute approximate surface area is 118 Å². The van der Waals surface area contributed by atoms with Gasteiger partial charge in [0.05, 0.1) is 5.56 Å². The fourth-order valence-corrected chi connectivity index (χ4v) is 1.40. The first-order valence-electron chi connectivity index (χ1n) is 6.25. The third-order valence-corrected chi connectivity index (χ3v) is 2.56. The molecule has 0 spiro atoms. The van der Waals surface area contributed by atoms with Gasteiger partial charge in [-0.3, -0.25) is 0 Å². The summed E-state index contributed by atoms with van der Waals surface area (Å²) >= 11 is 0. The van der Waals surface area contributed by atoms with Crippen LogP contribution in [-0.4, -0.2) is 35.2 Å². The number of rotatable bonds is 6. The van der Waals surface area contributed by atoms with Crippen LogP contribution in [-0.2, 0) is 0 Å². The van der Waals surface area contributed by atoms with Gasteiger partial charge in [-0.15, -0.1) is 0 Å². The fourth-order valence-electron chi connectivity index (χ4n) is 1.40. The Kier molecular flexibility index (Phi) is 5.30. The summed E-state index contributed by atoms with van der Waals surface area (Å²) in [5.41, 5.74) is 0.284. The van der Waals surface area contributed by atoms with Gasteiger partial charge >= 0.3 is 12.1 Å². The largest absolute Gasteiger partial charge is 0.471 e. The molecule has 120 valence electrons. The number of halogens is 5. The van der Waals surface area contributed by atoms with E-state index in [4.69, 9.17) is 0 Å². The number of hydrogen-bond donors (Lipinski definition) is 1. The van der Waals surface area contributed by atoms with Crippen molar-refractivity contribution in [1.82, 2.24) is 9.97 Å². The maximum Gasteiger partial charge on any atom is 0.456 e. The predicted molar refractivity (Wildman–Crippen MR) is 66.8 cm³/mol. The zero-order chi connectivity index (χ0) is 16.3. The predicted octanol–water partition coefficient (Wildman–Crippen LogP) is 3.49. The molecule has 4 nitrogen and oxygen atoms in total. The molecule has 21 heavy (non-hydrogen) atoms. The van der Waals surface area contributed by atoms with Crippen molar-refractivity contribution < 1.29 is 26.7 Å². The molecule has 1 aromatic heterocycles. The van der Waals surface area contributed by atoms with Gasteiger partial charge in [0.25, 0.3) is 0 Å². The summed E-state index contributed by atoms with van der Waals surface area (Å²) in [6, 6.07) is 0. The Bertz CT molecular complexity index is 491. The third-order valence-electron chi connectivity index (χ3n) is 2.56. The van der Waals surface area contributed by atoms with Crippen molar-refractivity contribution >= 4 is 5.82 Å². The molecule has 0 aliphatic carbocycles. The molecule has 0 aromatic carbocycles. The van der Waals surface area contributed by atoms with Gasteiger partial charge in [0, 0.05) is 6.54 Å². The van der Waals surface area contributed by atoms with E-state index in [9.17, 15) is 22.0 Å². The molecule has 0 bridgehead atoms. The Morgan fingerprint density at radius 1 is 1.10 bits per heavy atom. The highest BCUT2D eigenvalue weighted by Crippen LogP contribution is 2.36. The highest BCUT2D eigenvalue weighted by atomic mass is 19.4. The molecule has 0 saturated heterocycles. The van der Waals surface area contributed by atoms with Crippen molar-refractivity contribution in [3.8, 4) is 5.88 Å². The van der Waals surface area contributed by atoms with Gasteiger partial charge in [-0.25, -0.2) is 4.98 Å². The van der Waals surface area contributed by atoms with Crippen molar-refractivity contribution in [2.24, 2.45) is 0 Å². The molecule has 0 unspecified atom stereocenters. The van der Waals surface area contributed by atoms with Crippen LogP contribution in [0.4, 0.5) is 27.8 Å². The normalized spacial score (nSPS) is 12.4. The summed E-state index contributed by atoms with van der Waals surface area (Å²) in [6.07, 6.45) is -4.86. The van der Waals surface area contributed by atoms with E-state index in [1.54, 1.807) is 0 Å². The number of aryl methyl sites for hydroxylation is 1. The number of alkyl halides is 5. The number of anilines is 1. The van der Waals surface area contributed by atoms with Crippen LogP contribution < -0.4 is 10.1 Å². The van der Waals surface area contributed by atoms with E-state index in [0.29, 0.717) is 12.4 Å². The van der Waals surface area contributed by atoms with E-state index < -0.39 is 18.7 Å². The third kappa shape index (κ3) is 4.40. The van der Waals surface area contributed by atoms with Crippen LogP contribution in [0.5, 0.6) is 5.88 Å². The van der Waals surface area contributed by atoms with Gasteiger partial charge in [0.2, 0.25) is 5.88 Å². The Balaban J connectivity index is 2.91. The lowest BCUT2D eigenvalue weighted by atomic mass is 10.3. The fraction of sp³-hybridized carbons (Fsp3) is 0.667. The molecule has 0 fully saturated rings. The second-order valence-corrected chi connectivity index (χ2v) is 4.47. The Morgan fingerprint density at radius 2 is 1.71 bits per heavy atom. The Hall–Kier alpha value is -1.67. The van der Waals surface area contributed by atoms with Crippen LogP contribution in [0.2, 0.25) is 0 Å². The van der Waals surface area contributed by atoms with E-state index in [1.165, 1.54) is 13.8 Å². The Morgan fingerprint density at radius 3 is 2.24 bits per heavy atom. The van der Waals surface area contributed by atoms with Gasteiger partial charge in [-0.2, -0.15) is 26.9 Å². The molecule has 1 heterocycles. The summed E-state index contributed by atoms with van der Waals surface area (Å²) in [7, 11) is 0. The molecule has 0 aliphatic rings. The number of ether oxygens (including phenoxy) is 1. The lowest BCUT2D eigenvalue weighted by molar-refractivity contribution is -0.290. The second-order valence-electron chi connectivity index (χ2n) is 4.47. The van der Waals surface area contributed by atoms with Crippen LogP contribution in [0.3, 0.4) is 0 Å². The van der Waals surface area contributed by atoms with Crippen LogP contribution in [0, 0.1) is 13.8 Å². The summed E-state index contributed by atoms with van der Waals surface area (Å²) in [5, 5.41) is 2.93. The van der Waals surface area contributed by atoms with Gasteiger partial charge < -0.3 is 10.1 Å². The SMILES string of the molecule is CCCNc1nc(C)nc(OCC(F)(F)C(F)(F)F)c1C. The zero-order valence-corrected chi connectivity index (χ0v) is 11.8. The second kappa shape index (κ2) is 6.40. The standard InChI is InChI=1S/C12H16F5N3O/c1-4-5-18-9-7(2)10(20-8(3)19-9)21-6-11(13,14)12(15,16)17/h4-6H2,1-3H3,(H,18,19,20). The van der Waals surface area contributed by atoms with Crippen molar-refractivity contribution in [2.45, 2.75) is 39.3 Å². The van der Waals surface area contributed by atoms with Crippen LogP contribution in [0.25, 0.3) is 0 Å². The highest BCUT2D eigenvalue weighted by Gasteiger charge is 2.58. The van der Waals surface area contributed by atoms with Gasteiger partial charge in [-0.1, -0.05) is 6.92 Å². The first-order valence-corrected chi connectivity index (χ1v) is 6.25. The number of nitrogens with zero attached hydrogens (tertiary/aromatic N) is 2. The number of hydrogen-bond acceptors (Lipinski definition) is 4. The van der Waals surface area contributed by atoms with Crippen molar-refractivity contribution in [3.05, 3.63) is 11.4 Å². The smallest absolute Gasteiger partial charge is 0.456 e. The van der Waals surface area contributed by atoms with Crippen LogP contribution in [0.15, 0.2) is 0 Å². The minimum Gasteiger partial charge on any atom is -0.471 e. The lowest BCUT2D eigenvalue weighted by Gasteiger charge is -2.20. The summed E-state index contributed by atoms with van der Waals surface area (Å²) < 4.78 is 66.5. The average Bonchev–Trinajstić information content (AvgIpc) is 2.36. The van der Waals surface area contributed by atoms with E-state index in [1.807, 2.05) is 6.92 Å². The average molecular weight is 313 g/mol. The summed E-state index contributed by atoms with van der Waals surface area (Å²) in [6.45, 7) is 3.65. The maximum atomic E-state index is 12.8. The van der Waals surface area contributed by atoms with Crippen molar-refractivity contribution in [1.29, 1.82) is 0 Å². The van der Waals surface area contributed by atoms with Gasteiger partial charge in [0.1, 0.15) is 11.6 Å². The molecule has 1 rings (SSSR count). The minimum absolute atomic E-state index is 0.213. The van der Waals surface area contributed by atoms with Crippen LogP contribution in [0.1, 0.15) is 24.7 Å². The summed E-state index contributed by atoms with van der Waals surface area (Å²) in [4.78, 5) is 7.80. The van der Waals surface area contributed by atoms with Crippen molar-refractivity contribution in [3.63, 3.8) is 0 Å². The highest BCUT2D eigenvalue weighted by molar-refractivity contribution is 5.48. The number of nitrogens with one attached hydrogen (secondary N) is 1. The molecule has 9 heteroatoms. The first kappa shape index (κ1) is 17.4. The zero-order valence-electron chi connectivity index (χ0n) is 11.8. The quantitative estimate of drug-likeness (QED) is 0.817. The molecule has 1 aromatic rings. The van der Waals surface area contributed by atoms with E-state index >= 15 is 0 Å². The molecule has 0 amide bonds. The minimum atomic E-state index is -5.66. The molecular weight excluding hydrogens is 297 g/mol. The number of aromatic nitrogens is 2. The first-order chi connectivity index (χ1) is 9.58. The van der Waals surface area contributed by atoms with E-state index in [2.05, 4.69) is 20.0 Å². The molecule has 0 radical (unpaired) electrons.